The number of esters is 1. The Labute approximate surface area is 163 Å². The Morgan fingerprint density at radius 1 is 0.815 bits per heavy atom. The Balaban J connectivity index is 1.94. The first-order valence-electron chi connectivity index (χ1n) is 8.58. The summed E-state index contributed by atoms with van der Waals surface area (Å²) in [6.07, 6.45) is -1.03. The molecule has 0 aromatic heterocycles. The number of benzene rings is 3. The summed E-state index contributed by atoms with van der Waals surface area (Å²) in [5, 5.41) is 0.432. The lowest BCUT2D eigenvalue weighted by Crippen LogP contribution is -2.20. The van der Waals surface area contributed by atoms with Crippen LogP contribution in [-0.4, -0.2) is 11.8 Å². The van der Waals surface area contributed by atoms with Crippen molar-refractivity contribution in [3.63, 3.8) is 0 Å². The molecule has 0 amide bonds. The molecule has 0 aliphatic carbocycles. The van der Waals surface area contributed by atoms with Gasteiger partial charge in [-0.15, -0.1) is 0 Å². The van der Waals surface area contributed by atoms with Crippen LogP contribution < -0.4 is 0 Å². The first-order chi connectivity index (χ1) is 12.9. The van der Waals surface area contributed by atoms with Crippen molar-refractivity contribution in [1.29, 1.82) is 0 Å². The average molecular weight is 379 g/mol. The van der Waals surface area contributed by atoms with Crippen molar-refractivity contribution in [3.8, 4) is 0 Å². The summed E-state index contributed by atoms with van der Waals surface area (Å²) in [6, 6.07) is 21.1. The number of ketones is 1. The molecule has 3 aromatic rings. The third-order valence-electron chi connectivity index (χ3n) is 4.24. The van der Waals surface area contributed by atoms with Gasteiger partial charge >= 0.3 is 5.97 Å². The van der Waals surface area contributed by atoms with Crippen LogP contribution in [0.5, 0.6) is 0 Å². The second kappa shape index (κ2) is 8.19. The van der Waals surface area contributed by atoms with E-state index in [1.54, 1.807) is 42.5 Å². The monoisotopic (exact) mass is 378 g/mol. The fourth-order valence-corrected chi connectivity index (χ4v) is 2.86. The third-order valence-corrected chi connectivity index (χ3v) is 4.47. The molecule has 0 bridgehead atoms. The van der Waals surface area contributed by atoms with Gasteiger partial charge in [-0.05, 0) is 32.0 Å². The third kappa shape index (κ3) is 4.63. The van der Waals surface area contributed by atoms with Crippen LogP contribution in [0.2, 0.25) is 5.02 Å². The van der Waals surface area contributed by atoms with Gasteiger partial charge in [-0.25, -0.2) is 4.79 Å². The van der Waals surface area contributed by atoms with E-state index in [4.69, 9.17) is 16.3 Å². The molecule has 3 aromatic carbocycles. The molecular formula is C23H19ClO3. The second-order valence-corrected chi connectivity index (χ2v) is 6.87. The number of halogens is 1. The van der Waals surface area contributed by atoms with Crippen LogP contribution in [0.1, 0.15) is 43.5 Å². The minimum Gasteiger partial charge on any atom is -0.445 e. The van der Waals surface area contributed by atoms with E-state index in [2.05, 4.69) is 0 Å². The number of hydrogen-bond acceptors (Lipinski definition) is 3. The Morgan fingerprint density at radius 3 is 2.00 bits per heavy atom. The highest BCUT2D eigenvalue weighted by atomic mass is 35.5. The maximum Gasteiger partial charge on any atom is 0.339 e. The quantitative estimate of drug-likeness (QED) is 0.420. The van der Waals surface area contributed by atoms with Gasteiger partial charge < -0.3 is 4.74 Å². The Kier molecular flexibility index (Phi) is 5.72. The van der Waals surface area contributed by atoms with Crippen LogP contribution >= 0.6 is 11.6 Å². The van der Waals surface area contributed by atoms with Crippen molar-refractivity contribution in [2.45, 2.75) is 20.0 Å². The number of Topliss-reactive ketones (excluding diaryl/α,β-unsaturated/α-hetero) is 1. The minimum absolute atomic E-state index is 0.269. The number of hydrogen-bond donors (Lipinski definition) is 0. The van der Waals surface area contributed by atoms with Crippen molar-refractivity contribution in [2.75, 3.05) is 0 Å². The van der Waals surface area contributed by atoms with Crippen molar-refractivity contribution in [3.05, 3.63) is 106 Å². The predicted octanol–water partition coefficient (Wildman–Crippen LogP) is 5.74. The van der Waals surface area contributed by atoms with Crippen LogP contribution in [-0.2, 0) is 4.74 Å². The van der Waals surface area contributed by atoms with Crippen LogP contribution in [0.4, 0.5) is 0 Å². The van der Waals surface area contributed by atoms with Crippen molar-refractivity contribution < 1.29 is 14.3 Å². The first-order valence-corrected chi connectivity index (χ1v) is 8.96. The summed E-state index contributed by atoms with van der Waals surface area (Å²) in [4.78, 5) is 25.7. The molecule has 0 radical (unpaired) electrons. The molecule has 0 saturated carbocycles. The number of aryl methyl sites for hydroxylation is 2. The van der Waals surface area contributed by atoms with E-state index in [1.165, 1.54) is 6.07 Å². The van der Waals surface area contributed by atoms with Crippen LogP contribution in [0, 0.1) is 13.8 Å². The van der Waals surface area contributed by atoms with Gasteiger partial charge in [0.2, 0.25) is 5.78 Å². The molecule has 0 fully saturated rings. The summed E-state index contributed by atoms with van der Waals surface area (Å²) in [5.41, 5.74) is 3.53. The summed E-state index contributed by atoms with van der Waals surface area (Å²) in [6.45, 7) is 3.91. The number of rotatable bonds is 5. The SMILES string of the molecule is Cc1ccc(C(=O)[C@@H](OC(=O)c2cccc(Cl)c2)c2ccc(C)cc2)cc1. The molecule has 27 heavy (non-hydrogen) atoms. The van der Waals surface area contributed by atoms with Crippen molar-refractivity contribution in [1.82, 2.24) is 0 Å². The van der Waals surface area contributed by atoms with Gasteiger partial charge in [0, 0.05) is 16.1 Å². The van der Waals surface area contributed by atoms with Crippen LogP contribution in [0.3, 0.4) is 0 Å². The summed E-state index contributed by atoms with van der Waals surface area (Å²) in [5.74, 6) is -0.863. The number of carbonyl (C=O) groups is 2. The van der Waals surface area contributed by atoms with Crippen molar-refractivity contribution >= 4 is 23.4 Å². The zero-order valence-corrected chi connectivity index (χ0v) is 15.9. The second-order valence-electron chi connectivity index (χ2n) is 6.44. The molecule has 3 nitrogen and oxygen atoms in total. The van der Waals surface area contributed by atoms with Crippen molar-refractivity contribution in [2.24, 2.45) is 0 Å². The molecule has 0 aliphatic heterocycles. The number of carbonyl (C=O) groups excluding carboxylic acids is 2. The van der Waals surface area contributed by atoms with Gasteiger partial charge in [-0.3, -0.25) is 4.79 Å². The van der Waals surface area contributed by atoms with E-state index in [0.717, 1.165) is 11.1 Å². The molecule has 136 valence electrons. The Morgan fingerprint density at radius 2 is 1.41 bits per heavy atom. The van der Waals surface area contributed by atoms with E-state index in [1.807, 2.05) is 38.1 Å². The highest BCUT2D eigenvalue weighted by Crippen LogP contribution is 2.25. The standard InChI is InChI=1S/C23H19ClO3/c1-15-6-10-17(11-7-15)21(25)22(18-12-8-16(2)9-13-18)27-23(26)19-4-3-5-20(24)14-19/h3-14,22H,1-2H3/t22-/m0/s1. The molecule has 0 saturated heterocycles. The van der Waals surface area contributed by atoms with Gasteiger partial charge in [0.05, 0.1) is 5.56 Å². The molecule has 3 rings (SSSR count). The largest absolute Gasteiger partial charge is 0.445 e. The molecule has 4 heteroatoms. The average Bonchev–Trinajstić information content (AvgIpc) is 2.67. The van der Waals surface area contributed by atoms with Gasteiger partial charge in [0.1, 0.15) is 0 Å². The summed E-state index contributed by atoms with van der Waals surface area (Å²) < 4.78 is 5.62. The first kappa shape index (κ1) is 18.9. The Bertz CT molecular complexity index is 960. The molecule has 0 aliphatic rings. The zero-order chi connectivity index (χ0) is 19.4. The molecular weight excluding hydrogens is 360 g/mol. The summed E-state index contributed by atoms with van der Waals surface area (Å²) >= 11 is 5.96. The Hall–Kier alpha value is -2.91. The minimum atomic E-state index is -1.03. The van der Waals surface area contributed by atoms with E-state index in [-0.39, 0.29) is 5.78 Å². The molecule has 0 heterocycles. The normalized spacial score (nSPS) is 11.7. The molecule has 1 atom stereocenters. The van der Waals surface area contributed by atoms with E-state index in [0.29, 0.717) is 21.7 Å². The fraction of sp³-hybridized carbons (Fsp3) is 0.130. The van der Waals surface area contributed by atoms with Crippen LogP contribution in [0.25, 0.3) is 0 Å². The number of ether oxygens (including phenoxy) is 1. The fourth-order valence-electron chi connectivity index (χ4n) is 2.67. The zero-order valence-electron chi connectivity index (χ0n) is 15.1. The topological polar surface area (TPSA) is 43.4 Å². The van der Waals surface area contributed by atoms with Crippen LogP contribution in [0.15, 0.2) is 72.8 Å². The predicted molar refractivity (Wildman–Crippen MR) is 106 cm³/mol. The molecule has 0 spiro atoms. The highest BCUT2D eigenvalue weighted by molar-refractivity contribution is 6.30. The van der Waals surface area contributed by atoms with Gasteiger partial charge in [-0.1, -0.05) is 77.3 Å². The maximum absolute atomic E-state index is 13.1. The van der Waals surface area contributed by atoms with E-state index >= 15 is 0 Å². The molecule has 0 N–H and O–H groups in total. The smallest absolute Gasteiger partial charge is 0.339 e. The lowest BCUT2D eigenvalue weighted by molar-refractivity contribution is 0.0280. The van der Waals surface area contributed by atoms with Gasteiger partial charge in [-0.2, -0.15) is 0 Å². The lowest BCUT2D eigenvalue weighted by atomic mass is 9.98. The van der Waals surface area contributed by atoms with E-state index < -0.39 is 12.1 Å². The van der Waals surface area contributed by atoms with Gasteiger partial charge in [0.15, 0.2) is 6.10 Å². The summed E-state index contributed by atoms with van der Waals surface area (Å²) in [7, 11) is 0. The molecule has 0 unspecified atom stereocenters. The van der Waals surface area contributed by atoms with Gasteiger partial charge in [0.25, 0.3) is 0 Å². The maximum atomic E-state index is 13.1. The highest BCUT2D eigenvalue weighted by Gasteiger charge is 2.27. The lowest BCUT2D eigenvalue weighted by Gasteiger charge is -2.18. The van der Waals surface area contributed by atoms with E-state index in [9.17, 15) is 9.59 Å².